The molecule has 2 unspecified atom stereocenters. The van der Waals surface area contributed by atoms with Crippen LogP contribution < -0.4 is 0 Å². The first kappa shape index (κ1) is 6.67. The molecule has 1 heterocycles. The van der Waals surface area contributed by atoms with E-state index >= 15 is 0 Å². The Kier molecular flexibility index (Phi) is 1.17. The Labute approximate surface area is 72.4 Å². The summed E-state index contributed by atoms with van der Waals surface area (Å²) in [6.45, 7) is 0. The third-order valence-electron chi connectivity index (χ3n) is 3.08. The molecule has 1 heteroatoms. The first-order valence-corrected chi connectivity index (χ1v) is 4.61. The van der Waals surface area contributed by atoms with Gasteiger partial charge in [0.2, 0.25) is 0 Å². The molecule has 62 valence electrons. The van der Waals surface area contributed by atoms with Gasteiger partial charge in [0.15, 0.2) is 0 Å². The molecule has 0 aromatic heterocycles. The Morgan fingerprint density at radius 1 is 1.33 bits per heavy atom. The van der Waals surface area contributed by atoms with Crippen LogP contribution >= 0.6 is 0 Å². The van der Waals surface area contributed by atoms with Crippen molar-refractivity contribution < 1.29 is 4.74 Å². The van der Waals surface area contributed by atoms with E-state index in [-0.39, 0.29) is 0 Å². The zero-order valence-corrected chi connectivity index (χ0v) is 6.99. The fourth-order valence-corrected chi connectivity index (χ4v) is 2.14. The van der Waals surface area contributed by atoms with E-state index in [0.717, 1.165) is 6.42 Å². The molecule has 1 aliphatic carbocycles. The highest BCUT2D eigenvalue weighted by molar-refractivity contribution is 5.23. The van der Waals surface area contributed by atoms with Gasteiger partial charge < -0.3 is 4.74 Å². The maximum absolute atomic E-state index is 5.62. The quantitative estimate of drug-likeness (QED) is 0.604. The number of hydrogen-bond acceptors (Lipinski definition) is 1. The third kappa shape index (κ3) is 0.831. The minimum absolute atomic E-state index is 0.293. The molecule has 1 saturated heterocycles. The Bertz CT molecular complexity index is 289. The fraction of sp³-hybridized carbons (Fsp3) is 0.455. The smallest absolute Gasteiger partial charge is 0.0989 e. The van der Waals surface area contributed by atoms with E-state index in [1.807, 2.05) is 0 Å². The van der Waals surface area contributed by atoms with Crippen molar-refractivity contribution in [3.8, 4) is 0 Å². The van der Waals surface area contributed by atoms with Crippen molar-refractivity contribution in [3.63, 3.8) is 0 Å². The van der Waals surface area contributed by atoms with Gasteiger partial charge in [-0.3, -0.25) is 0 Å². The van der Waals surface area contributed by atoms with Crippen LogP contribution in [0.2, 0.25) is 0 Å². The van der Waals surface area contributed by atoms with Crippen molar-refractivity contribution >= 4 is 0 Å². The number of fused-ring (bicyclic) bond motifs is 1. The molecule has 2 aliphatic rings. The van der Waals surface area contributed by atoms with Gasteiger partial charge in [-0.15, -0.1) is 0 Å². The molecule has 1 saturated carbocycles. The highest BCUT2D eigenvalue weighted by Crippen LogP contribution is 2.55. The summed E-state index contributed by atoms with van der Waals surface area (Å²) in [6, 6.07) is 10.6. The topological polar surface area (TPSA) is 12.5 Å². The molecular formula is C11H12O. The summed E-state index contributed by atoms with van der Waals surface area (Å²) in [7, 11) is 0. The standard InChI is InChI=1S/C11H12O/c1-2-4-9(5-3-1)8-11-7-6-10(11)12-11/h1-5,10H,6-8H2. The van der Waals surface area contributed by atoms with Gasteiger partial charge in [0, 0.05) is 6.42 Å². The highest BCUT2D eigenvalue weighted by Gasteiger charge is 2.63. The molecule has 0 N–H and O–H groups in total. The van der Waals surface area contributed by atoms with Crippen molar-refractivity contribution in [1.29, 1.82) is 0 Å². The van der Waals surface area contributed by atoms with E-state index in [1.165, 1.54) is 18.4 Å². The van der Waals surface area contributed by atoms with Crippen LogP contribution in [0.3, 0.4) is 0 Å². The average molecular weight is 160 g/mol. The minimum atomic E-state index is 0.293. The lowest BCUT2D eigenvalue weighted by molar-refractivity contribution is 0.311. The Balaban J connectivity index is 1.77. The summed E-state index contributed by atoms with van der Waals surface area (Å²) in [5.41, 5.74) is 1.71. The summed E-state index contributed by atoms with van der Waals surface area (Å²) >= 11 is 0. The summed E-state index contributed by atoms with van der Waals surface area (Å²) < 4.78 is 5.62. The molecule has 12 heavy (non-hydrogen) atoms. The number of rotatable bonds is 2. The van der Waals surface area contributed by atoms with E-state index in [4.69, 9.17) is 4.74 Å². The Morgan fingerprint density at radius 2 is 2.17 bits per heavy atom. The lowest BCUT2D eigenvalue weighted by Gasteiger charge is -2.18. The van der Waals surface area contributed by atoms with Gasteiger partial charge >= 0.3 is 0 Å². The predicted octanol–water partition coefficient (Wildman–Crippen LogP) is 2.16. The van der Waals surface area contributed by atoms with Crippen molar-refractivity contribution in [2.45, 2.75) is 31.0 Å². The molecule has 1 nitrogen and oxygen atoms in total. The molecule has 0 bridgehead atoms. The van der Waals surface area contributed by atoms with E-state index in [0.29, 0.717) is 11.7 Å². The van der Waals surface area contributed by atoms with E-state index in [1.54, 1.807) is 0 Å². The highest BCUT2D eigenvalue weighted by atomic mass is 16.6. The molecule has 0 radical (unpaired) electrons. The van der Waals surface area contributed by atoms with Crippen LogP contribution in [-0.4, -0.2) is 11.7 Å². The van der Waals surface area contributed by atoms with Crippen LogP contribution in [0.5, 0.6) is 0 Å². The number of benzene rings is 1. The molecule has 2 fully saturated rings. The van der Waals surface area contributed by atoms with Gasteiger partial charge in [-0.2, -0.15) is 0 Å². The Morgan fingerprint density at radius 3 is 2.67 bits per heavy atom. The largest absolute Gasteiger partial charge is 0.366 e. The maximum Gasteiger partial charge on any atom is 0.0989 e. The summed E-state index contributed by atoms with van der Waals surface area (Å²) in [5, 5.41) is 0. The van der Waals surface area contributed by atoms with E-state index < -0.39 is 0 Å². The second-order valence-electron chi connectivity index (χ2n) is 3.87. The summed E-state index contributed by atoms with van der Waals surface area (Å²) in [5.74, 6) is 0. The molecular weight excluding hydrogens is 148 g/mol. The van der Waals surface area contributed by atoms with Crippen LogP contribution in [0.1, 0.15) is 18.4 Å². The van der Waals surface area contributed by atoms with Crippen molar-refractivity contribution in [2.24, 2.45) is 0 Å². The van der Waals surface area contributed by atoms with Crippen LogP contribution in [0.4, 0.5) is 0 Å². The number of epoxide rings is 1. The zero-order valence-electron chi connectivity index (χ0n) is 6.99. The molecule has 1 aliphatic heterocycles. The van der Waals surface area contributed by atoms with Gasteiger partial charge in [-0.05, 0) is 18.4 Å². The van der Waals surface area contributed by atoms with Crippen LogP contribution in [0, 0.1) is 0 Å². The zero-order chi connectivity index (χ0) is 8.02. The number of ether oxygens (including phenoxy) is 1. The minimum Gasteiger partial charge on any atom is -0.366 e. The van der Waals surface area contributed by atoms with Crippen LogP contribution in [0.15, 0.2) is 30.3 Å². The predicted molar refractivity (Wildman–Crippen MR) is 47.0 cm³/mol. The molecule has 0 amide bonds. The molecule has 1 aromatic carbocycles. The second-order valence-corrected chi connectivity index (χ2v) is 3.87. The van der Waals surface area contributed by atoms with Crippen molar-refractivity contribution in [2.75, 3.05) is 0 Å². The number of hydrogen-bond donors (Lipinski definition) is 0. The lowest BCUT2D eigenvalue weighted by Crippen LogP contribution is -2.27. The monoisotopic (exact) mass is 160 g/mol. The van der Waals surface area contributed by atoms with Gasteiger partial charge in [-0.1, -0.05) is 30.3 Å². The molecule has 0 spiro atoms. The second kappa shape index (κ2) is 2.11. The van der Waals surface area contributed by atoms with E-state index in [9.17, 15) is 0 Å². The molecule has 3 rings (SSSR count). The summed E-state index contributed by atoms with van der Waals surface area (Å²) in [6.07, 6.45) is 4.29. The molecule has 2 atom stereocenters. The van der Waals surface area contributed by atoms with Gasteiger partial charge in [-0.25, -0.2) is 0 Å². The normalized spacial score (nSPS) is 36.8. The first-order valence-electron chi connectivity index (χ1n) is 4.61. The maximum atomic E-state index is 5.62. The van der Waals surface area contributed by atoms with Gasteiger partial charge in [0.1, 0.15) is 0 Å². The first-order chi connectivity index (χ1) is 5.89. The van der Waals surface area contributed by atoms with Crippen LogP contribution in [-0.2, 0) is 11.2 Å². The average Bonchev–Trinajstić information content (AvgIpc) is 2.59. The van der Waals surface area contributed by atoms with Gasteiger partial charge in [0.25, 0.3) is 0 Å². The van der Waals surface area contributed by atoms with Crippen molar-refractivity contribution in [1.82, 2.24) is 0 Å². The van der Waals surface area contributed by atoms with E-state index in [2.05, 4.69) is 30.3 Å². The Hall–Kier alpha value is -0.820. The fourth-order valence-electron chi connectivity index (χ4n) is 2.14. The van der Waals surface area contributed by atoms with Gasteiger partial charge in [0.05, 0.1) is 11.7 Å². The molecule has 1 aromatic rings. The lowest BCUT2D eigenvalue weighted by atomic mass is 9.81. The SMILES string of the molecule is c1ccc(CC23CCC2O3)cc1. The van der Waals surface area contributed by atoms with Crippen molar-refractivity contribution in [3.05, 3.63) is 35.9 Å². The third-order valence-corrected chi connectivity index (χ3v) is 3.08. The van der Waals surface area contributed by atoms with Crippen LogP contribution in [0.25, 0.3) is 0 Å². The summed E-state index contributed by atoms with van der Waals surface area (Å²) in [4.78, 5) is 0.